The van der Waals surface area contributed by atoms with Crippen molar-refractivity contribution in [3.05, 3.63) is 53.6 Å². The maximum Gasteiger partial charge on any atom is 0.410 e. The van der Waals surface area contributed by atoms with Gasteiger partial charge < -0.3 is 29.0 Å². The van der Waals surface area contributed by atoms with Crippen LogP contribution in [0.15, 0.2) is 42.5 Å². The van der Waals surface area contributed by atoms with Gasteiger partial charge in [0.2, 0.25) is 0 Å². The minimum Gasteiger partial charge on any atom is -0.497 e. The lowest BCUT2D eigenvalue weighted by Crippen LogP contribution is -2.37. The number of rotatable bonds is 12. The van der Waals surface area contributed by atoms with Gasteiger partial charge in [-0.3, -0.25) is 0 Å². The summed E-state index contributed by atoms with van der Waals surface area (Å²) >= 11 is 0. The molecule has 0 radical (unpaired) electrons. The maximum atomic E-state index is 12.9. The first-order valence-corrected chi connectivity index (χ1v) is 11.5. The van der Waals surface area contributed by atoms with Crippen molar-refractivity contribution in [2.75, 3.05) is 27.4 Å². The van der Waals surface area contributed by atoms with E-state index in [-0.39, 0.29) is 0 Å². The lowest BCUT2D eigenvalue weighted by Gasteiger charge is -2.28. The van der Waals surface area contributed by atoms with Gasteiger partial charge in [-0.05, 0) is 76.4 Å². The fraction of sp³-hybridized carbons (Fsp3) is 0.500. The monoisotopic (exact) mass is 495 g/mol. The number of unbranched alkanes of at least 4 members (excludes halogenated alkanes) is 2. The van der Waals surface area contributed by atoms with Gasteiger partial charge in [0.05, 0.1) is 32.9 Å². The number of ether oxygens (including phenoxy) is 4. The highest BCUT2D eigenvalue weighted by Crippen LogP contribution is 2.27. The number of methoxy groups -OCH3 is 2. The average molecular weight is 496 g/mol. The zero-order valence-electron chi connectivity index (χ0n) is 21.0. The highest BCUT2D eigenvalue weighted by molar-refractivity contribution is 5.68. The van der Waals surface area contributed by atoms with Crippen LogP contribution >= 0.6 is 0 Å². The summed E-state index contributed by atoms with van der Waals surface area (Å²) in [6, 6.07) is 10.5. The molecule has 0 aliphatic rings. The first-order valence-electron chi connectivity index (χ1n) is 11.5. The Labute approximate surface area is 205 Å². The number of hydrogen-bond acceptors (Lipinski definition) is 6. The topological polar surface area (TPSA) is 77.5 Å². The van der Waals surface area contributed by atoms with Crippen LogP contribution < -0.4 is 14.2 Å². The molecule has 0 aliphatic heterocycles. The molecule has 0 bridgehead atoms. The van der Waals surface area contributed by atoms with Crippen LogP contribution in [0.25, 0.3) is 0 Å². The van der Waals surface area contributed by atoms with E-state index in [0.29, 0.717) is 43.4 Å². The Balaban J connectivity index is 1.90. The molecule has 0 spiro atoms. The molecule has 0 aromatic heterocycles. The summed E-state index contributed by atoms with van der Waals surface area (Å²) in [4.78, 5) is 14.5. The summed E-state index contributed by atoms with van der Waals surface area (Å²) in [5.74, 6) is 1.73. The molecule has 9 heteroatoms. The van der Waals surface area contributed by atoms with Crippen molar-refractivity contribution in [1.29, 1.82) is 0 Å². The number of carbonyl (C=O) groups excluding carboxylic acids is 1. The minimum absolute atomic E-state index is 0.320. The van der Waals surface area contributed by atoms with Crippen LogP contribution in [-0.4, -0.2) is 49.1 Å². The van der Waals surface area contributed by atoms with Crippen LogP contribution in [0.2, 0.25) is 0 Å². The Bertz CT molecular complexity index is 938. The van der Waals surface area contributed by atoms with Gasteiger partial charge in [0.1, 0.15) is 22.8 Å². The number of alkyl halides is 2. The Morgan fingerprint density at radius 2 is 1.60 bits per heavy atom. The van der Waals surface area contributed by atoms with E-state index < -0.39 is 23.4 Å². The molecule has 1 amide bonds. The number of nitrogens with zero attached hydrogens (tertiary/aromatic N) is 1. The number of benzene rings is 2. The van der Waals surface area contributed by atoms with Crippen molar-refractivity contribution in [3.63, 3.8) is 0 Å². The van der Waals surface area contributed by atoms with Crippen molar-refractivity contribution < 1.29 is 37.6 Å². The van der Waals surface area contributed by atoms with Crippen LogP contribution in [0.5, 0.6) is 17.2 Å². The number of amides is 1. The van der Waals surface area contributed by atoms with E-state index in [1.54, 1.807) is 25.2 Å². The predicted molar refractivity (Wildman–Crippen MR) is 128 cm³/mol. The minimum atomic E-state index is -3.87. The first-order chi connectivity index (χ1) is 16.4. The molecule has 0 unspecified atom stereocenters. The van der Waals surface area contributed by atoms with Crippen molar-refractivity contribution in [1.82, 2.24) is 4.90 Å². The molecule has 35 heavy (non-hydrogen) atoms. The summed E-state index contributed by atoms with van der Waals surface area (Å²) in [5.41, 5.74) is -0.275. The predicted octanol–water partition coefficient (Wildman–Crippen LogP) is 5.73. The number of carbonyl (C=O) groups is 1. The standard InChI is InChI=1S/C26H35F2NO6/c1-25(2,3)35-24(30)29(18-19-9-12-22(32-4)17-23(19)33-5)15-7-6-8-16-34-21-13-10-20(11-14-21)26(27,28)31/h9-14,17,31H,6-8,15-16,18H2,1-5H3. The highest BCUT2D eigenvalue weighted by Gasteiger charge is 2.27. The highest BCUT2D eigenvalue weighted by atomic mass is 19.3. The molecule has 2 aromatic carbocycles. The summed E-state index contributed by atoms with van der Waals surface area (Å²) in [6.07, 6.45) is -2.06. The lowest BCUT2D eigenvalue weighted by molar-refractivity contribution is -0.208. The first kappa shape index (κ1) is 28.2. The van der Waals surface area contributed by atoms with Crippen LogP contribution in [0.4, 0.5) is 13.6 Å². The second kappa shape index (κ2) is 12.6. The van der Waals surface area contributed by atoms with Crippen LogP contribution in [-0.2, 0) is 17.4 Å². The average Bonchev–Trinajstić information content (AvgIpc) is 2.79. The molecule has 0 heterocycles. The van der Waals surface area contributed by atoms with Crippen molar-refractivity contribution >= 4 is 6.09 Å². The van der Waals surface area contributed by atoms with Gasteiger partial charge in [-0.1, -0.05) is 0 Å². The number of hydrogen-bond donors (Lipinski definition) is 1. The zero-order chi connectivity index (χ0) is 26.1. The van der Waals surface area contributed by atoms with Crippen molar-refractivity contribution in [3.8, 4) is 17.2 Å². The third kappa shape index (κ3) is 9.60. The molecule has 0 saturated heterocycles. The summed E-state index contributed by atoms with van der Waals surface area (Å²) in [7, 11) is 3.15. The molecule has 0 atom stereocenters. The third-order valence-corrected chi connectivity index (χ3v) is 5.05. The fourth-order valence-electron chi connectivity index (χ4n) is 3.27. The van der Waals surface area contributed by atoms with E-state index in [9.17, 15) is 13.6 Å². The summed E-state index contributed by atoms with van der Waals surface area (Å²) in [6.45, 7) is 6.66. The zero-order valence-corrected chi connectivity index (χ0v) is 21.0. The van der Waals surface area contributed by atoms with Gasteiger partial charge in [0, 0.05) is 18.2 Å². The number of aliphatic hydroxyl groups is 1. The SMILES string of the molecule is COc1ccc(CN(CCCCCOc2ccc(C(O)(F)F)cc2)C(=O)OC(C)(C)C)c(OC)c1. The fourth-order valence-corrected chi connectivity index (χ4v) is 3.27. The molecule has 7 nitrogen and oxygen atoms in total. The van der Waals surface area contributed by atoms with Crippen LogP contribution in [0.1, 0.15) is 51.2 Å². The molecule has 2 aromatic rings. The van der Waals surface area contributed by atoms with Crippen molar-refractivity contribution in [2.45, 2.75) is 58.3 Å². The van der Waals surface area contributed by atoms with Gasteiger partial charge in [-0.25, -0.2) is 4.79 Å². The molecule has 0 aliphatic carbocycles. The second-order valence-corrected chi connectivity index (χ2v) is 9.05. The van der Waals surface area contributed by atoms with E-state index in [1.165, 1.54) is 12.1 Å². The van der Waals surface area contributed by atoms with E-state index >= 15 is 0 Å². The largest absolute Gasteiger partial charge is 0.497 e. The van der Waals surface area contributed by atoms with Gasteiger partial charge in [-0.2, -0.15) is 8.78 Å². The Morgan fingerprint density at radius 1 is 0.943 bits per heavy atom. The maximum absolute atomic E-state index is 12.9. The molecule has 0 fully saturated rings. The van der Waals surface area contributed by atoms with Crippen LogP contribution in [0, 0.1) is 0 Å². The van der Waals surface area contributed by atoms with E-state index in [2.05, 4.69) is 0 Å². The quantitative estimate of drug-likeness (QED) is 0.379. The smallest absolute Gasteiger partial charge is 0.410 e. The normalized spacial score (nSPS) is 11.7. The van der Waals surface area contributed by atoms with E-state index in [4.69, 9.17) is 24.1 Å². The van der Waals surface area contributed by atoms with Crippen molar-refractivity contribution in [2.24, 2.45) is 0 Å². The van der Waals surface area contributed by atoms with Crippen LogP contribution in [0.3, 0.4) is 0 Å². The Morgan fingerprint density at radius 3 is 2.17 bits per heavy atom. The molecule has 2 rings (SSSR count). The summed E-state index contributed by atoms with van der Waals surface area (Å²) < 4.78 is 47.6. The Kier molecular flexibility index (Phi) is 10.1. The number of halogens is 2. The van der Waals surface area contributed by atoms with E-state index in [0.717, 1.165) is 30.5 Å². The third-order valence-electron chi connectivity index (χ3n) is 5.05. The van der Waals surface area contributed by atoms with Gasteiger partial charge in [-0.15, -0.1) is 0 Å². The molecule has 0 saturated carbocycles. The molecular weight excluding hydrogens is 460 g/mol. The summed E-state index contributed by atoms with van der Waals surface area (Å²) in [5, 5.41) is 8.72. The second-order valence-electron chi connectivity index (χ2n) is 9.05. The van der Waals surface area contributed by atoms with Gasteiger partial charge in [0.15, 0.2) is 0 Å². The van der Waals surface area contributed by atoms with E-state index in [1.807, 2.05) is 32.9 Å². The lowest BCUT2D eigenvalue weighted by atomic mass is 10.1. The van der Waals surface area contributed by atoms with Gasteiger partial charge >= 0.3 is 12.2 Å². The molecule has 1 N–H and O–H groups in total. The Hall–Kier alpha value is -3.07. The molecular formula is C26H35F2NO6. The molecule has 194 valence electrons. The van der Waals surface area contributed by atoms with Gasteiger partial charge in [0.25, 0.3) is 0 Å².